The third kappa shape index (κ3) is 5.74. The van der Waals surface area contributed by atoms with E-state index in [1.165, 1.54) is 4.31 Å². The van der Waals surface area contributed by atoms with Crippen LogP contribution in [0.25, 0.3) is 12.2 Å². The molecule has 2 heterocycles. The Morgan fingerprint density at radius 3 is 2.74 bits per heavy atom. The van der Waals surface area contributed by atoms with Gasteiger partial charge >= 0.3 is 5.97 Å². The van der Waals surface area contributed by atoms with Gasteiger partial charge in [-0.15, -0.1) is 0 Å². The van der Waals surface area contributed by atoms with Crippen LogP contribution in [-0.4, -0.2) is 41.9 Å². The van der Waals surface area contributed by atoms with Crippen LogP contribution in [0.15, 0.2) is 59.8 Å². The first kappa shape index (κ1) is 24.5. The van der Waals surface area contributed by atoms with Crippen LogP contribution in [0, 0.1) is 6.92 Å². The molecule has 0 saturated carbocycles. The fraction of sp³-hybridized carbons (Fsp3) is 0.308. The van der Waals surface area contributed by atoms with E-state index in [1.807, 2.05) is 42.1 Å². The third-order valence-corrected chi connectivity index (χ3v) is 7.52. The van der Waals surface area contributed by atoms with Crippen molar-refractivity contribution in [1.29, 1.82) is 0 Å². The van der Waals surface area contributed by atoms with Crippen molar-refractivity contribution in [3.8, 4) is 5.75 Å². The molecule has 0 unspecified atom stereocenters. The lowest BCUT2D eigenvalue weighted by Crippen LogP contribution is -2.43. The van der Waals surface area contributed by atoms with Crippen LogP contribution >= 0.6 is 0 Å². The van der Waals surface area contributed by atoms with E-state index in [0.29, 0.717) is 11.4 Å². The smallest absolute Gasteiger partial charge is 0.303 e. The molecule has 4 rings (SSSR count). The molecule has 0 amide bonds. The van der Waals surface area contributed by atoms with Gasteiger partial charge < -0.3 is 9.84 Å². The van der Waals surface area contributed by atoms with Gasteiger partial charge in [-0.25, -0.2) is 8.42 Å². The Morgan fingerprint density at radius 2 is 2.00 bits per heavy atom. The van der Waals surface area contributed by atoms with E-state index in [0.717, 1.165) is 29.7 Å². The van der Waals surface area contributed by atoms with E-state index in [4.69, 9.17) is 9.84 Å². The van der Waals surface area contributed by atoms with E-state index in [9.17, 15) is 13.2 Å². The van der Waals surface area contributed by atoms with Gasteiger partial charge in [0.2, 0.25) is 0 Å². The highest BCUT2D eigenvalue weighted by atomic mass is 32.2. The Morgan fingerprint density at radius 1 is 1.20 bits per heavy atom. The van der Waals surface area contributed by atoms with E-state index in [1.54, 1.807) is 36.5 Å². The number of aliphatic carboxylic acids is 1. The van der Waals surface area contributed by atoms with Gasteiger partial charge in [-0.1, -0.05) is 37.3 Å². The van der Waals surface area contributed by atoms with Crippen molar-refractivity contribution >= 4 is 33.8 Å². The summed E-state index contributed by atoms with van der Waals surface area (Å²) in [7, 11) is -3.89. The van der Waals surface area contributed by atoms with Crippen LogP contribution in [0.3, 0.4) is 0 Å². The number of carbonyl (C=O) groups is 1. The molecule has 1 aliphatic heterocycles. The monoisotopic (exact) mass is 495 g/mol. The van der Waals surface area contributed by atoms with Crippen LogP contribution in [-0.2, 0) is 21.4 Å². The number of fused-ring (bicyclic) bond motifs is 1. The predicted octanol–water partition coefficient (Wildman–Crippen LogP) is 4.59. The van der Waals surface area contributed by atoms with Crippen LogP contribution in [0.2, 0.25) is 0 Å². The zero-order valence-corrected chi connectivity index (χ0v) is 20.6. The van der Waals surface area contributed by atoms with Crippen LogP contribution < -0.4 is 9.04 Å². The number of hydrogen-bond acceptors (Lipinski definition) is 5. The van der Waals surface area contributed by atoms with Gasteiger partial charge in [0.15, 0.2) is 0 Å². The molecule has 0 bridgehead atoms. The number of aryl methyl sites for hydroxylation is 2. The summed E-state index contributed by atoms with van der Waals surface area (Å²) in [6, 6.07) is 12.1. The van der Waals surface area contributed by atoms with Crippen molar-refractivity contribution in [2.24, 2.45) is 0 Å². The molecule has 8 nitrogen and oxygen atoms in total. The molecule has 9 heteroatoms. The quantitative estimate of drug-likeness (QED) is 0.466. The summed E-state index contributed by atoms with van der Waals surface area (Å²) >= 11 is 0. The Balaban J connectivity index is 1.68. The fourth-order valence-corrected chi connectivity index (χ4v) is 5.61. The first-order valence-corrected chi connectivity index (χ1v) is 13.0. The summed E-state index contributed by atoms with van der Waals surface area (Å²) in [6.45, 7) is 4.81. The molecular weight excluding hydrogens is 466 g/mol. The number of sulfonamides is 1. The average molecular weight is 496 g/mol. The standard InChI is InChI=1S/C26H29N3O5S/c1-3-13-28-17-21(16-27-28)8-7-20-9-11-25-24(15-20)29(18-22(34-25)10-12-26(30)31)35(32,33)23-6-4-5-19(2)14-23/h4-9,11,14-17,22H,3,10,12-13,18H2,1-2H3,(H,30,31)/b8-7+/t22-/m0/s1. The van der Waals surface area contributed by atoms with Gasteiger partial charge in [-0.05, 0) is 55.2 Å². The first-order valence-electron chi connectivity index (χ1n) is 11.6. The summed E-state index contributed by atoms with van der Waals surface area (Å²) in [5, 5.41) is 13.4. The van der Waals surface area contributed by atoms with Crippen molar-refractivity contribution in [2.75, 3.05) is 10.8 Å². The molecule has 0 aliphatic carbocycles. The molecule has 0 spiro atoms. The molecule has 35 heavy (non-hydrogen) atoms. The fourth-order valence-electron chi connectivity index (χ4n) is 4.01. The van der Waals surface area contributed by atoms with E-state index in [2.05, 4.69) is 12.0 Å². The molecular formula is C26H29N3O5S. The SMILES string of the molecule is CCCn1cc(/C=C/c2ccc3c(c2)N(S(=O)(=O)c2cccc(C)c2)C[C@H](CCC(=O)O)O3)cn1. The van der Waals surface area contributed by atoms with Gasteiger partial charge in [0, 0.05) is 24.7 Å². The molecule has 1 aromatic heterocycles. The number of rotatable bonds is 9. The molecule has 3 aromatic rings. The van der Waals surface area contributed by atoms with Crippen molar-refractivity contribution in [3.63, 3.8) is 0 Å². The number of carboxylic acid groups (broad SMARTS) is 1. The van der Waals surface area contributed by atoms with Crippen molar-refractivity contribution in [1.82, 2.24) is 9.78 Å². The molecule has 0 radical (unpaired) electrons. The van der Waals surface area contributed by atoms with Gasteiger partial charge in [0.25, 0.3) is 10.0 Å². The summed E-state index contributed by atoms with van der Waals surface area (Å²) in [5.41, 5.74) is 3.03. The second kappa shape index (κ2) is 10.4. The predicted molar refractivity (Wildman–Crippen MR) is 135 cm³/mol. The van der Waals surface area contributed by atoms with Gasteiger partial charge in [0.05, 0.1) is 23.3 Å². The Labute approximate surface area is 205 Å². The maximum absolute atomic E-state index is 13.7. The minimum Gasteiger partial charge on any atom is -0.486 e. The minimum atomic E-state index is -3.89. The van der Waals surface area contributed by atoms with Crippen molar-refractivity contribution in [2.45, 2.75) is 50.7 Å². The number of hydrogen-bond donors (Lipinski definition) is 1. The van der Waals surface area contributed by atoms with Crippen LogP contribution in [0.1, 0.15) is 42.9 Å². The van der Waals surface area contributed by atoms with Crippen LogP contribution in [0.5, 0.6) is 5.75 Å². The third-order valence-electron chi connectivity index (χ3n) is 5.75. The zero-order chi connectivity index (χ0) is 25.0. The number of nitrogens with zero attached hydrogens (tertiary/aromatic N) is 3. The number of anilines is 1. The molecule has 0 saturated heterocycles. The largest absolute Gasteiger partial charge is 0.486 e. The van der Waals surface area contributed by atoms with E-state index < -0.39 is 22.1 Å². The van der Waals surface area contributed by atoms with E-state index in [-0.39, 0.29) is 24.3 Å². The highest BCUT2D eigenvalue weighted by Gasteiger charge is 2.34. The van der Waals surface area contributed by atoms with Gasteiger partial charge in [0.1, 0.15) is 11.9 Å². The maximum Gasteiger partial charge on any atom is 0.303 e. The lowest BCUT2D eigenvalue weighted by Gasteiger charge is -2.35. The van der Waals surface area contributed by atoms with E-state index >= 15 is 0 Å². The molecule has 1 N–H and O–H groups in total. The zero-order valence-electron chi connectivity index (χ0n) is 19.8. The number of carboxylic acids is 1. The second-order valence-corrected chi connectivity index (χ2v) is 10.5. The molecule has 1 aliphatic rings. The molecule has 184 valence electrons. The molecule has 0 fully saturated rings. The Hall–Kier alpha value is -3.59. The highest BCUT2D eigenvalue weighted by Crippen LogP contribution is 2.39. The number of ether oxygens (including phenoxy) is 1. The number of benzene rings is 2. The van der Waals surface area contributed by atoms with Crippen molar-refractivity contribution < 1.29 is 23.1 Å². The maximum atomic E-state index is 13.7. The summed E-state index contributed by atoms with van der Waals surface area (Å²) in [4.78, 5) is 11.3. The first-order chi connectivity index (χ1) is 16.8. The molecule has 1 atom stereocenters. The van der Waals surface area contributed by atoms with Crippen molar-refractivity contribution in [3.05, 3.63) is 71.5 Å². The number of aromatic nitrogens is 2. The average Bonchev–Trinajstić information content (AvgIpc) is 3.28. The van der Waals surface area contributed by atoms with Crippen LogP contribution in [0.4, 0.5) is 5.69 Å². The lowest BCUT2D eigenvalue weighted by atomic mass is 10.1. The lowest BCUT2D eigenvalue weighted by molar-refractivity contribution is -0.137. The van der Waals surface area contributed by atoms with Gasteiger partial charge in [-0.2, -0.15) is 5.10 Å². The Bertz CT molecular complexity index is 1350. The van der Waals surface area contributed by atoms with Gasteiger partial charge in [-0.3, -0.25) is 13.8 Å². The second-order valence-electron chi connectivity index (χ2n) is 8.62. The summed E-state index contributed by atoms with van der Waals surface area (Å²) in [6.07, 6.45) is 8.11. The topological polar surface area (TPSA) is 102 Å². The summed E-state index contributed by atoms with van der Waals surface area (Å²) < 4.78 is 36.6. The minimum absolute atomic E-state index is 0.0352. The molecule has 2 aromatic carbocycles. The highest BCUT2D eigenvalue weighted by molar-refractivity contribution is 7.92. The Kier molecular flexibility index (Phi) is 7.25. The normalized spacial score (nSPS) is 15.7. The summed E-state index contributed by atoms with van der Waals surface area (Å²) in [5.74, 6) is -0.536.